The minimum Gasteiger partial charge on any atom is -0.343 e. The third-order valence-electron chi connectivity index (χ3n) is 4.85. The number of hydrogen-bond acceptors (Lipinski definition) is 2. The van der Waals surface area contributed by atoms with Crippen LogP contribution in [0, 0.1) is 11.8 Å². The summed E-state index contributed by atoms with van der Waals surface area (Å²) in [7, 11) is 1.99. The first kappa shape index (κ1) is 16.5. The molecule has 0 heterocycles. The summed E-state index contributed by atoms with van der Waals surface area (Å²) in [5.74, 6) is 1.79. The summed E-state index contributed by atoms with van der Waals surface area (Å²) in [4.78, 5) is 14.3. The largest absolute Gasteiger partial charge is 0.343 e. The standard InChI is InChI=1S/C16H32N2O/c1-4-14(11-12-17)7-10-16(19)18(3)15-8-5-13(2)6-9-15/h13-15H,4-12,17H2,1-3H3. The van der Waals surface area contributed by atoms with Crippen molar-refractivity contribution < 1.29 is 4.79 Å². The average molecular weight is 268 g/mol. The maximum atomic E-state index is 12.2. The summed E-state index contributed by atoms with van der Waals surface area (Å²) >= 11 is 0. The highest BCUT2D eigenvalue weighted by Crippen LogP contribution is 2.27. The fourth-order valence-electron chi connectivity index (χ4n) is 3.13. The van der Waals surface area contributed by atoms with Gasteiger partial charge in [0, 0.05) is 19.5 Å². The average Bonchev–Trinajstić information content (AvgIpc) is 2.43. The van der Waals surface area contributed by atoms with Crippen LogP contribution in [0.3, 0.4) is 0 Å². The van der Waals surface area contributed by atoms with Gasteiger partial charge in [-0.1, -0.05) is 20.3 Å². The second-order valence-electron chi connectivity index (χ2n) is 6.31. The van der Waals surface area contributed by atoms with Crippen molar-refractivity contribution in [1.29, 1.82) is 0 Å². The smallest absolute Gasteiger partial charge is 0.222 e. The Morgan fingerprint density at radius 2 is 1.89 bits per heavy atom. The predicted octanol–water partition coefficient (Wildman–Crippen LogP) is 3.18. The summed E-state index contributed by atoms with van der Waals surface area (Å²) in [5.41, 5.74) is 5.61. The van der Waals surface area contributed by atoms with Crippen LogP contribution in [0.5, 0.6) is 0 Å². The highest BCUT2D eigenvalue weighted by atomic mass is 16.2. The first-order valence-electron chi connectivity index (χ1n) is 8.04. The topological polar surface area (TPSA) is 46.3 Å². The number of hydrogen-bond donors (Lipinski definition) is 1. The van der Waals surface area contributed by atoms with Gasteiger partial charge < -0.3 is 10.6 Å². The zero-order valence-corrected chi connectivity index (χ0v) is 13.0. The van der Waals surface area contributed by atoms with E-state index in [0.717, 1.165) is 31.7 Å². The van der Waals surface area contributed by atoms with Crippen molar-refractivity contribution in [2.45, 2.75) is 71.3 Å². The Bertz CT molecular complexity index is 259. The van der Waals surface area contributed by atoms with Crippen LogP contribution < -0.4 is 5.73 Å². The van der Waals surface area contributed by atoms with Crippen LogP contribution in [0.1, 0.15) is 65.2 Å². The van der Waals surface area contributed by atoms with Crippen LogP contribution in [0.15, 0.2) is 0 Å². The van der Waals surface area contributed by atoms with Gasteiger partial charge in [0.2, 0.25) is 5.91 Å². The van der Waals surface area contributed by atoms with Gasteiger partial charge in [-0.2, -0.15) is 0 Å². The lowest BCUT2D eigenvalue weighted by Crippen LogP contribution is -2.39. The number of nitrogens with two attached hydrogens (primary N) is 1. The zero-order valence-electron chi connectivity index (χ0n) is 13.0. The normalized spacial score (nSPS) is 25.1. The van der Waals surface area contributed by atoms with Crippen molar-refractivity contribution in [2.75, 3.05) is 13.6 Å². The molecule has 0 radical (unpaired) electrons. The number of amides is 1. The quantitative estimate of drug-likeness (QED) is 0.771. The predicted molar refractivity (Wildman–Crippen MR) is 80.9 cm³/mol. The molecule has 1 unspecified atom stereocenters. The lowest BCUT2D eigenvalue weighted by molar-refractivity contribution is -0.133. The molecule has 19 heavy (non-hydrogen) atoms. The van der Waals surface area contributed by atoms with E-state index in [9.17, 15) is 4.79 Å². The Hall–Kier alpha value is -0.570. The van der Waals surface area contributed by atoms with E-state index in [1.54, 1.807) is 0 Å². The van der Waals surface area contributed by atoms with Crippen molar-refractivity contribution in [3.8, 4) is 0 Å². The second-order valence-corrected chi connectivity index (χ2v) is 6.31. The Balaban J connectivity index is 2.31. The summed E-state index contributed by atoms with van der Waals surface area (Å²) in [6, 6.07) is 0.485. The van der Waals surface area contributed by atoms with E-state index in [2.05, 4.69) is 13.8 Å². The van der Waals surface area contributed by atoms with Gasteiger partial charge in [0.25, 0.3) is 0 Å². The van der Waals surface area contributed by atoms with Crippen molar-refractivity contribution in [3.63, 3.8) is 0 Å². The highest BCUT2D eigenvalue weighted by Gasteiger charge is 2.24. The lowest BCUT2D eigenvalue weighted by Gasteiger charge is -2.34. The molecule has 0 aromatic carbocycles. The summed E-state index contributed by atoms with van der Waals surface area (Å²) in [5, 5.41) is 0. The molecule has 0 bridgehead atoms. The summed E-state index contributed by atoms with van der Waals surface area (Å²) in [6.07, 6.45) is 8.79. The molecule has 1 atom stereocenters. The lowest BCUT2D eigenvalue weighted by atomic mass is 9.86. The Morgan fingerprint density at radius 1 is 1.26 bits per heavy atom. The van der Waals surface area contributed by atoms with Crippen LogP contribution in [-0.2, 0) is 4.79 Å². The molecular formula is C16H32N2O. The maximum Gasteiger partial charge on any atom is 0.222 e. The number of rotatable bonds is 7. The van der Waals surface area contributed by atoms with Crippen LogP contribution in [0.2, 0.25) is 0 Å². The molecule has 0 aromatic rings. The summed E-state index contributed by atoms with van der Waals surface area (Å²) < 4.78 is 0. The zero-order chi connectivity index (χ0) is 14.3. The van der Waals surface area contributed by atoms with Crippen LogP contribution in [-0.4, -0.2) is 30.4 Å². The molecule has 0 spiro atoms. The minimum absolute atomic E-state index is 0.329. The minimum atomic E-state index is 0.329. The SMILES string of the molecule is CCC(CCN)CCC(=O)N(C)C1CCC(C)CC1. The number of carbonyl (C=O) groups excluding carboxylic acids is 1. The molecule has 3 heteroatoms. The van der Waals surface area contributed by atoms with E-state index in [0.29, 0.717) is 24.3 Å². The molecule has 1 aliphatic carbocycles. The molecule has 1 amide bonds. The van der Waals surface area contributed by atoms with Crippen LogP contribution >= 0.6 is 0 Å². The van der Waals surface area contributed by atoms with Gasteiger partial charge >= 0.3 is 0 Å². The third kappa shape index (κ3) is 5.52. The first-order valence-corrected chi connectivity index (χ1v) is 8.04. The fraction of sp³-hybridized carbons (Fsp3) is 0.938. The third-order valence-corrected chi connectivity index (χ3v) is 4.85. The van der Waals surface area contributed by atoms with Crippen molar-refractivity contribution in [1.82, 2.24) is 4.90 Å². The molecule has 1 fully saturated rings. The molecule has 1 saturated carbocycles. The van der Waals surface area contributed by atoms with Gasteiger partial charge in [0.05, 0.1) is 0 Å². The van der Waals surface area contributed by atoms with Gasteiger partial charge in [0.15, 0.2) is 0 Å². The monoisotopic (exact) mass is 268 g/mol. The van der Waals surface area contributed by atoms with Gasteiger partial charge in [0.1, 0.15) is 0 Å². The molecule has 0 aromatic heterocycles. The number of nitrogens with zero attached hydrogens (tertiary/aromatic N) is 1. The van der Waals surface area contributed by atoms with Gasteiger partial charge in [-0.3, -0.25) is 4.79 Å². The van der Waals surface area contributed by atoms with Crippen molar-refractivity contribution >= 4 is 5.91 Å². The molecular weight excluding hydrogens is 236 g/mol. The van der Waals surface area contributed by atoms with E-state index in [-0.39, 0.29) is 0 Å². The maximum absolute atomic E-state index is 12.2. The van der Waals surface area contributed by atoms with Gasteiger partial charge in [-0.05, 0) is 56.9 Å². The van der Waals surface area contributed by atoms with E-state index in [4.69, 9.17) is 5.73 Å². The number of carbonyl (C=O) groups is 1. The Kier molecular flexibility index (Phi) is 7.44. The second kappa shape index (κ2) is 8.57. The molecule has 1 rings (SSSR count). The van der Waals surface area contributed by atoms with E-state index < -0.39 is 0 Å². The Labute approximate surface area is 118 Å². The van der Waals surface area contributed by atoms with Gasteiger partial charge in [-0.25, -0.2) is 0 Å². The highest BCUT2D eigenvalue weighted by molar-refractivity contribution is 5.76. The molecule has 2 N–H and O–H groups in total. The molecule has 3 nitrogen and oxygen atoms in total. The first-order chi connectivity index (χ1) is 9.08. The van der Waals surface area contributed by atoms with E-state index in [1.807, 2.05) is 11.9 Å². The van der Waals surface area contributed by atoms with Crippen molar-refractivity contribution in [3.05, 3.63) is 0 Å². The van der Waals surface area contributed by atoms with Crippen LogP contribution in [0.25, 0.3) is 0 Å². The van der Waals surface area contributed by atoms with Gasteiger partial charge in [-0.15, -0.1) is 0 Å². The molecule has 112 valence electrons. The van der Waals surface area contributed by atoms with Crippen LogP contribution in [0.4, 0.5) is 0 Å². The summed E-state index contributed by atoms with van der Waals surface area (Å²) in [6.45, 7) is 5.25. The van der Waals surface area contributed by atoms with E-state index >= 15 is 0 Å². The molecule has 0 aliphatic heterocycles. The fourth-order valence-corrected chi connectivity index (χ4v) is 3.13. The molecule has 0 saturated heterocycles. The molecule has 1 aliphatic rings. The van der Waals surface area contributed by atoms with Crippen molar-refractivity contribution in [2.24, 2.45) is 17.6 Å². The van der Waals surface area contributed by atoms with E-state index in [1.165, 1.54) is 25.7 Å². The Morgan fingerprint density at radius 3 is 2.42 bits per heavy atom.